The van der Waals surface area contributed by atoms with E-state index in [1.807, 2.05) is 0 Å². The van der Waals surface area contributed by atoms with Crippen LogP contribution in [0.2, 0.25) is 0 Å². The van der Waals surface area contributed by atoms with Crippen molar-refractivity contribution < 1.29 is 28.8 Å². The highest BCUT2D eigenvalue weighted by Gasteiger charge is 2.48. The van der Waals surface area contributed by atoms with Crippen LogP contribution in [0.4, 0.5) is 15.4 Å². The normalized spacial score (nSPS) is 15.6. The number of hydrogen-bond donors (Lipinski definition) is 2. The molecule has 1 fully saturated rings. The van der Waals surface area contributed by atoms with E-state index in [4.69, 9.17) is 9.26 Å². The first-order chi connectivity index (χ1) is 17.0. The summed E-state index contributed by atoms with van der Waals surface area (Å²) in [5, 5.41) is 16.5. The second kappa shape index (κ2) is 7.65. The molecule has 0 atom stereocenters. The number of aromatic nitrogens is 4. The van der Waals surface area contributed by atoms with E-state index in [1.54, 1.807) is 36.5 Å². The molecule has 35 heavy (non-hydrogen) atoms. The van der Waals surface area contributed by atoms with Crippen molar-refractivity contribution in [3.05, 3.63) is 59.9 Å². The summed E-state index contributed by atoms with van der Waals surface area (Å²) in [6, 6.07) is 8.08. The van der Waals surface area contributed by atoms with Crippen LogP contribution in [0.1, 0.15) is 29.9 Å². The fourth-order valence-electron chi connectivity index (χ4n) is 4.14. The smallest absolute Gasteiger partial charge is 0.407 e. The molecule has 0 unspecified atom stereocenters. The maximum Gasteiger partial charge on any atom is 0.407 e. The molecule has 0 bridgehead atoms. The largest absolute Gasteiger partial charge is 0.465 e. The SMILES string of the molecule is O=CC1(c2cc(NC(=O)n3ccc4cc(Oc5ncnc6c5CN(C(=O)O)C6)ccc43)no2)CC1. The van der Waals surface area contributed by atoms with Crippen LogP contribution in [0.25, 0.3) is 10.9 Å². The summed E-state index contributed by atoms with van der Waals surface area (Å²) in [6.45, 7) is 0.334. The highest BCUT2D eigenvalue weighted by Crippen LogP contribution is 2.46. The summed E-state index contributed by atoms with van der Waals surface area (Å²) in [4.78, 5) is 44.9. The lowest BCUT2D eigenvalue weighted by Gasteiger charge is -2.10. The Hall–Kier alpha value is -4.74. The maximum atomic E-state index is 12.8. The van der Waals surface area contributed by atoms with E-state index in [2.05, 4.69) is 20.4 Å². The number of fused-ring (bicyclic) bond motifs is 2. The summed E-state index contributed by atoms with van der Waals surface area (Å²) in [5.41, 5.74) is 1.26. The van der Waals surface area contributed by atoms with E-state index in [1.165, 1.54) is 15.8 Å². The van der Waals surface area contributed by atoms with Gasteiger partial charge in [-0.2, -0.15) is 0 Å². The minimum atomic E-state index is -1.03. The zero-order valence-corrected chi connectivity index (χ0v) is 18.2. The van der Waals surface area contributed by atoms with Gasteiger partial charge in [0.05, 0.1) is 35.3 Å². The van der Waals surface area contributed by atoms with Gasteiger partial charge in [0.25, 0.3) is 0 Å². The summed E-state index contributed by atoms with van der Waals surface area (Å²) in [6.07, 6.45) is 4.20. The summed E-state index contributed by atoms with van der Waals surface area (Å²) < 4.78 is 12.6. The van der Waals surface area contributed by atoms with E-state index in [0.29, 0.717) is 47.0 Å². The van der Waals surface area contributed by atoms with E-state index >= 15 is 0 Å². The highest BCUT2D eigenvalue weighted by atomic mass is 16.5. The number of nitrogens with one attached hydrogen (secondary N) is 1. The molecule has 4 heterocycles. The second-order valence-corrected chi connectivity index (χ2v) is 8.53. The van der Waals surface area contributed by atoms with Gasteiger partial charge in [-0.05, 0) is 37.1 Å². The number of carbonyl (C=O) groups is 3. The molecule has 0 radical (unpaired) electrons. The monoisotopic (exact) mass is 474 g/mol. The van der Waals surface area contributed by atoms with Gasteiger partial charge in [-0.25, -0.2) is 19.6 Å². The number of nitrogens with zero attached hydrogens (tertiary/aromatic N) is 5. The molecule has 1 aromatic carbocycles. The van der Waals surface area contributed by atoms with Crippen molar-refractivity contribution in [1.82, 2.24) is 24.6 Å². The Kier molecular flexibility index (Phi) is 4.56. The Morgan fingerprint density at radius 1 is 1.17 bits per heavy atom. The molecule has 2 aliphatic rings. The Balaban J connectivity index is 1.20. The Morgan fingerprint density at radius 2 is 2.03 bits per heavy atom. The first-order valence-electron chi connectivity index (χ1n) is 10.8. The lowest BCUT2D eigenvalue weighted by molar-refractivity contribution is -0.110. The van der Waals surface area contributed by atoms with Crippen molar-refractivity contribution >= 4 is 35.1 Å². The molecule has 2 N–H and O–H groups in total. The van der Waals surface area contributed by atoms with E-state index in [9.17, 15) is 19.5 Å². The highest BCUT2D eigenvalue weighted by molar-refractivity contribution is 5.98. The Labute approximate surface area is 197 Å². The fraction of sp³-hybridized carbons (Fsp3) is 0.217. The van der Waals surface area contributed by atoms with Crippen LogP contribution in [-0.2, 0) is 23.3 Å². The first kappa shape index (κ1) is 20.8. The van der Waals surface area contributed by atoms with Gasteiger partial charge in [0.15, 0.2) is 11.6 Å². The first-order valence-corrected chi connectivity index (χ1v) is 10.8. The number of carboxylic acid groups (broad SMARTS) is 1. The van der Waals surface area contributed by atoms with Gasteiger partial charge in [-0.1, -0.05) is 5.16 Å². The van der Waals surface area contributed by atoms with Crippen LogP contribution in [0.5, 0.6) is 11.6 Å². The molecule has 1 aliphatic heterocycles. The molecule has 2 amide bonds. The number of rotatable bonds is 5. The second-order valence-electron chi connectivity index (χ2n) is 8.53. The number of anilines is 1. The number of ether oxygens (including phenoxy) is 1. The standard InChI is InChI=1S/C23H18N6O6/c30-11-23(4-5-23)18-8-19(27-35-18)26-21(31)29-6-3-13-7-14(1-2-17(13)29)34-20-15-9-28(22(32)33)10-16(15)24-12-25-20/h1-3,6-8,11-12H,4-5,9-10H2,(H,32,33)(H,26,27,31). The minimum absolute atomic E-state index is 0.150. The molecular formula is C23H18N6O6. The molecular weight excluding hydrogens is 456 g/mol. The maximum absolute atomic E-state index is 12.8. The molecule has 4 aromatic rings. The van der Waals surface area contributed by atoms with Gasteiger partial charge < -0.3 is 19.2 Å². The van der Waals surface area contributed by atoms with Crippen LogP contribution < -0.4 is 10.1 Å². The number of aldehydes is 1. The van der Waals surface area contributed by atoms with Crippen molar-refractivity contribution in [3.63, 3.8) is 0 Å². The average molecular weight is 474 g/mol. The van der Waals surface area contributed by atoms with Gasteiger partial charge in [0, 0.05) is 17.6 Å². The zero-order valence-electron chi connectivity index (χ0n) is 18.2. The molecule has 1 saturated carbocycles. The molecule has 0 spiro atoms. The van der Waals surface area contributed by atoms with E-state index in [-0.39, 0.29) is 18.9 Å². The zero-order chi connectivity index (χ0) is 24.2. The third kappa shape index (κ3) is 3.55. The van der Waals surface area contributed by atoms with Crippen molar-refractivity contribution in [1.29, 1.82) is 0 Å². The summed E-state index contributed by atoms with van der Waals surface area (Å²) in [7, 11) is 0. The van der Waals surface area contributed by atoms with Gasteiger partial charge in [-0.15, -0.1) is 0 Å². The minimum Gasteiger partial charge on any atom is -0.465 e. The van der Waals surface area contributed by atoms with Crippen molar-refractivity contribution in [2.24, 2.45) is 0 Å². The van der Waals surface area contributed by atoms with Crippen LogP contribution in [0, 0.1) is 0 Å². The lowest BCUT2D eigenvalue weighted by Crippen LogP contribution is -2.22. The van der Waals surface area contributed by atoms with Gasteiger partial charge in [-0.3, -0.25) is 14.8 Å². The fourth-order valence-corrected chi connectivity index (χ4v) is 4.14. The molecule has 0 saturated heterocycles. The molecule has 3 aromatic heterocycles. The van der Waals surface area contributed by atoms with Crippen molar-refractivity contribution in [3.8, 4) is 11.6 Å². The molecule has 6 rings (SSSR count). The van der Waals surface area contributed by atoms with Gasteiger partial charge in [0.1, 0.15) is 18.4 Å². The van der Waals surface area contributed by atoms with Crippen LogP contribution in [0.15, 0.2) is 47.4 Å². The molecule has 176 valence electrons. The van der Waals surface area contributed by atoms with Crippen LogP contribution >= 0.6 is 0 Å². The van der Waals surface area contributed by atoms with Crippen LogP contribution in [-0.4, -0.2) is 48.1 Å². The van der Waals surface area contributed by atoms with Crippen molar-refractivity contribution in [2.75, 3.05) is 5.32 Å². The van der Waals surface area contributed by atoms with Gasteiger partial charge >= 0.3 is 12.1 Å². The summed E-state index contributed by atoms with van der Waals surface area (Å²) in [5.74, 6) is 1.45. The molecule has 1 aliphatic carbocycles. The number of amides is 2. The topological polar surface area (TPSA) is 153 Å². The Morgan fingerprint density at radius 3 is 2.80 bits per heavy atom. The third-order valence-electron chi connectivity index (χ3n) is 6.30. The van der Waals surface area contributed by atoms with Crippen LogP contribution in [0.3, 0.4) is 0 Å². The predicted molar refractivity (Wildman–Crippen MR) is 119 cm³/mol. The molecule has 12 nitrogen and oxygen atoms in total. The quantitative estimate of drug-likeness (QED) is 0.414. The van der Waals surface area contributed by atoms with E-state index < -0.39 is 17.5 Å². The number of carbonyl (C=O) groups excluding carboxylic acids is 2. The Bertz CT molecular complexity index is 1500. The number of benzene rings is 1. The summed E-state index contributed by atoms with van der Waals surface area (Å²) >= 11 is 0. The third-order valence-corrected chi connectivity index (χ3v) is 6.30. The lowest BCUT2D eigenvalue weighted by atomic mass is 10.1. The van der Waals surface area contributed by atoms with E-state index in [0.717, 1.165) is 11.7 Å². The number of hydrogen-bond acceptors (Lipinski definition) is 8. The predicted octanol–water partition coefficient (Wildman–Crippen LogP) is 3.52. The van der Waals surface area contributed by atoms with Gasteiger partial charge in [0.2, 0.25) is 5.88 Å². The van der Waals surface area contributed by atoms with Crippen molar-refractivity contribution in [2.45, 2.75) is 31.3 Å². The molecule has 12 heteroatoms. The average Bonchev–Trinajstić information content (AvgIpc) is 3.18.